The molecule has 0 saturated heterocycles. The van der Waals surface area contributed by atoms with Crippen LogP contribution in [0.15, 0.2) is 41.0 Å². The van der Waals surface area contributed by atoms with Crippen LogP contribution in [0.1, 0.15) is 33.1 Å². The summed E-state index contributed by atoms with van der Waals surface area (Å²) in [6, 6.07) is 9.60. The SMILES string of the molecule is Cc1ccc2sc(N(Cc3ccco3)C(=O)c3cc(C)n(C)n3)nc2c1C. The molecule has 27 heavy (non-hydrogen) atoms. The van der Waals surface area contributed by atoms with E-state index < -0.39 is 0 Å². The number of thiazole rings is 1. The van der Waals surface area contributed by atoms with Crippen LogP contribution in [-0.2, 0) is 13.6 Å². The average Bonchev–Trinajstić information content (AvgIpc) is 3.37. The monoisotopic (exact) mass is 380 g/mol. The van der Waals surface area contributed by atoms with Gasteiger partial charge in [-0.3, -0.25) is 14.4 Å². The Balaban J connectivity index is 1.80. The largest absolute Gasteiger partial charge is 0.467 e. The van der Waals surface area contributed by atoms with E-state index in [9.17, 15) is 4.79 Å². The van der Waals surface area contributed by atoms with E-state index in [2.05, 4.69) is 31.1 Å². The van der Waals surface area contributed by atoms with Crippen LogP contribution in [0.3, 0.4) is 0 Å². The molecule has 0 aliphatic heterocycles. The first kappa shape index (κ1) is 17.5. The van der Waals surface area contributed by atoms with E-state index in [1.165, 1.54) is 16.9 Å². The number of anilines is 1. The molecule has 4 aromatic rings. The first-order valence-electron chi connectivity index (χ1n) is 8.65. The third kappa shape index (κ3) is 3.14. The standard InChI is InChI=1S/C20H20N4O2S/c1-12-7-8-17-18(14(12)3)21-20(27-17)24(11-15-6-5-9-26-15)19(25)16-10-13(2)23(4)22-16/h5-10H,11H2,1-4H3. The van der Waals surface area contributed by atoms with Gasteiger partial charge in [-0.15, -0.1) is 0 Å². The number of amides is 1. The van der Waals surface area contributed by atoms with Crippen LogP contribution >= 0.6 is 11.3 Å². The number of aryl methyl sites for hydroxylation is 4. The molecule has 0 saturated carbocycles. The maximum absolute atomic E-state index is 13.2. The quantitative estimate of drug-likeness (QED) is 0.526. The minimum absolute atomic E-state index is 0.191. The van der Waals surface area contributed by atoms with E-state index >= 15 is 0 Å². The number of nitrogens with zero attached hydrogens (tertiary/aromatic N) is 4. The summed E-state index contributed by atoms with van der Waals surface area (Å²) in [5, 5.41) is 4.99. The fourth-order valence-corrected chi connectivity index (χ4v) is 3.94. The number of carbonyl (C=O) groups is 1. The van der Waals surface area contributed by atoms with Crippen LogP contribution in [0.4, 0.5) is 5.13 Å². The fourth-order valence-electron chi connectivity index (χ4n) is 2.92. The Labute approximate surface area is 161 Å². The summed E-state index contributed by atoms with van der Waals surface area (Å²) in [5.74, 6) is 0.506. The Morgan fingerprint density at radius 1 is 1.26 bits per heavy atom. The van der Waals surface area contributed by atoms with E-state index in [1.54, 1.807) is 21.9 Å². The van der Waals surface area contributed by atoms with Gasteiger partial charge in [-0.1, -0.05) is 17.4 Å². The van der Waals surface area contributed by atoms with Crippen molar-refractivity contribution in [2.24, 2.45) is 7.05 Å². The van der Waals surface area contributed by atoms with Crippen molar-refractivity contribution in [2.75, 3.05) is 4.90 Å². The molecule has 0 fully saturated rings. The van der Waals surface area contributed by atoms with E-state index in [1.807, 2.05) is 26.1 Å². The smallest absolute Gasteiger partial charge is 0.280 e. The number of aromatic nitrogens is 3. The number of hydrogen-bond donors (Lipinski definition) is 0. The molecule has 0 atom stereocenters. The topological polar surface area (TPSA) is 64.2 Å². The van der Waals surface area contributed by atoms with E-state index in [0.29, 0.717) is 23.1 Å². The molecule has 0 aliphatic rings. The molecule has 7 heteroatoms. The summed E-state index contributed by atoms with van der Waals surface area (Å²) >= 11 is 1.50. The second-order valence-electron chi connectivity index (χ2n) is 6.62. The van der Waals surface area contributed by atoms with Crippen molar-refractivity contribution in [3.8, 4) is 0 Å². The minimum Gasteiger partial charge on any atom is -0.467 e. The third-order valence-corrected chi connectivity index (χ3v) is 5.82. The number of furan rings is 1. The predicted octanol–water partition coefficient (Wildman–Crippen LogP) is 4.40. The zero-order valence-electron chi connectivity index (χ0n) is 15.7. The molecule has 0 unspecified atom stereocenters. The van der Waals surface area contributed by atoms with Crippen molar-refractivity contribution in [3.63, 3.8) is 0 Å². The normalized spacial score (nSPS) is 11.3. The molecule has 1 aromatic carbocycles. The van der Waals surface area contributed by atoms with Crippen molar-refractivity contribution in [3.05, 3.63) is 64.9 Å². The highest BCUT2D eigenvalue weighted by molar-refractivity contribution is 7.22. The van der Waals surface area contributed by atoms with Crippen molar-refractivity contribution in [1.29, 1.82) is 0 Å². The highest BCUT2D eigenvalue weighted by atomic mass is 32.1. The highest BCUT2D eigenvalue weighted by Gasteiger charge is 2.25. The third-order valence-electron chi connectivity index (χ3n) is 4.78. The van der Waals surface area contributed by atoms with Crippen LogP contribution in [0.25, 0.3) is 10.2 Å². The molecule has 0 N–H and O–H groups in total. The van der Waals surface area contributed by atoms with Crippen LogP contribution in [0, 0.1) is 20.8 Å². The molecule has 6 nitrogen and oxygen atoms in total. The van der Waals surface area contributed by atoms with E-state index in [4.69, 9.17) is 9.40 Å². The lowest BCUT2D eigenvalue weighted by Gasteiger charge is -2.17. The van der Waals surface area contributed by atoms with Gasteiger partial charge >= 0.3 is 0 Å². The Morgan fingerprint density at radius 2 is 2.07 bits per heavy atom. The summed E-state index contributed by atoms with van der Waals surface area (Å²) in [7, 11) is 1.83. The van der Waals surface area contributed by atoms with Crippen LogP contribution in [0.2, 0.25) is 0 Å². The number of benzene rings is 1. The van der Waals surface area contributed by atoms with Crippen molar-refractivity contribution in [1.82, 2.24) is 14.8 Å². The molecule has 0 aliphatic carbocycles. The molecular weight excluding hydrogens is 360 g/mol. The number of rotatable bonds is 4. The number of fused-ring (bicyclic) bond motifs is 1. The summed E-state index contributed by atoms with van der Waals surface area (Å²) in [6.45, 7) is 6.35. The summed E-state index contributed by atoms with van der Waals surface area (Å²) < 4.78 is 8.23. The lowest BCUT2D eigenvalue weighted by atomic mass is 10.1. The number of carbonyl (C=O) groups excluding carboxylic acids is 1. The predicted molar refractivity (Wildman–Crippen MR) is 106 cm³/mol. The first-order valence-corrected chi connectivity index (χ1v) is 9.47. The van der Waals surface area contributed by atoms with Gasteiger partial charge in [-0.2, -0.15) is 5.10 Å². The van der Waals surface area contributed by atoms with Gasteiger partial charge in [0.15, 0.2) is 10.8 Å². The Kier molecular flexibility index (Phi) is 4.31. The second-order valence-corrected chi connectivity index (χ2v) is 7.62. The number of hydrogen-bond acceptors (Lipinski definition) is 5. The van der Waals surface area contributed by atoms with Crippen LogP contribution in [0.5, 0.6) is 0 Å². The minimum atomic E-state index is -0.191. The van der Waals surface area contributed by atoms with Gasteiger partial charge in [-0.25, -0.2) is 4.98 Å². The Morgan fingerprint density at radius 3 is 2.74 bits per heavy atom. The van der Waals surface area contributed by atoms with Crippen molar-refractivity contribution < 1.29 is 9.21 Å². The molecule has 1 amide bonds. The van der Waals surface area contributed by atoms with Crippen LogP contribution in [-0.4, -0.2) is 20.7 Å². The molecule has 0 bridgehead atoms. The molecule has 3 aromatic heterocycles. The maximum Gasteiger partial charge on any atom is 0.280 e. The lowest BCUT2D eigenvalue weighted by Crippen LogP contribution is -2.30. The van der Waals surface area contributed by atoms with Crippen LogP contribution < -0.4 is 4.90 Å². The van der Waals surface area contributed by atoms with Gasteiger partial charge in [0.1, 0.15) is 5.76 Å². The van der Waals surface area contributed by atoms with Gasteiger partial charge in [0.2, 0.25) is 0 Å². The van der Waals surface area contributed by atoms with Gasteiger partial charge in [0.05, 0.1) is 23.0 Å². The van der Waals surface area contributed by atoms with Gasteiger partial charge in [0.25, 0.3) is 5.91 Å². The molecule has 0 radical (unpaired) electrons. The highest BCUT2D eigenvalue weighted by Crippen LogP contribution is 2.33. The molecular formula is C20H20N4O2S. The summed E-state index contributed by atoms with van der Waals surface area (Å²) in [5.41, 5.74) is 4.57. The van der Waals surface area contributed by atoms with Crippen molar-refractivity contribution in [2.45, 2.75) is 27.3 Å². The molecule has 4 rings (SSSR count). The van der Waals surface area contributed by atoms with Crippen molar-refractivity contribution >= 4 is 32.6 Å². The molecule has 138 valence electrons. The lowest BCUT2D eigenvalue weighted by molar-refractivity contribution is 0.0977. The summed E-state index contributed by atoms with van der Waals surface area (Å²) in [4.78, 5) is 19.7. The Bertz CT molecular complexity index is 1110. The fraction of sp³-hybridized carbons (Fsp3) is 0.250. The van der Waals surface area contributed by atoms with E-state index in [-0.39, 0.29) is 5.91 Å². The Hall–Kier alpha value is -2.93. The zero-order valence-corrected chi connectivity index (χ0v) is 16.5. The maximum atomic E-state index is 13.2. The average molecular weight is 380 g/mol. The van der Waals surface area contributed by atoms with Gasteiger partial charge in [-0.05, 0) is 56.2 Å². The summed E-state index contributed by atoms with van der Waals surface area (Å²) in [6.07, 6.45) is 1.61. The molecule has 3 heterocycles. The zero-order chi connectivity index (χ0) is 19.1. The van der Waals surface area contributed by atoms with Gasteiger partial charge in [0, 0.05) is 12.7 Å². The van der Waals surface area contributed by atoms with Gasteiger partial charge < -0.3 is 4.42 Å². The molecule has 0 spiro atoms. The first-order chi connectivity index (χ1) is 12.9. The second kappa shape index (κ2) is 6.66. The van der Waals surface area contributed by atoms with E-state index in [0.717, 1.165) is 21.5 Å².